The lowest BCUT2D eigenvalue weighted by Crippen LogP contribution is -2.49. The first kappa shape index (κ1) is 33.4. The number of piperidine rings is 2. The fraction of sp³-hybridized carbons (Fsp3) is 0.368. The van der Waals surface area contributed by atoms with Crippen LogP contribution in [0.1, 0.15) is 37.3 Å². The van der Waals surface area contributed by atoms with Crippen LogP contribution in [0.3, 0.4) is 0 Å². The first-order valence-corrected chi connectivity index (χ1v) is 17.9. The van der Waals surface area contributed by atoms with Crippen molar-refractivity contribution in [2.45, 2.75) is 38.3 Å². The first-order chi connectivity index (χ1) is 25.4. The van der Waals surface area contributed by atoms with E-state index in [1.807, 2.05) is 54.9 Å². The Morgan fingerprint density at radius 2 is 1.54 bits per heavy atom. The van der Waals surface area contributed by atoms with Crippen LogP contribution in [-0.2, 0) is 16.1 Å². The van der Waals surface area contributed by atoms with Gasteiger partial charge in [0.1, 0.15) is 6.04 Å². The molecule has 3 aromatic heterocycles. The predicted octanol–water partition coefficient (Wildman–Crippen LogP) is 2.47. The SMILES string of the molecule is O=C1CCC(n2ncc3ccc(N4CCC(CN5CCN(c6cnc(-c7cccc(Cn8ncccc8=O)c7)nc6)CC5)CC4)cc3c2=O)C(=O)N1. The molecule has 1 unspecified atom stereocenters. The number of piperazine rings is 1. The Balaban J connectivity index is 0.830. The summed E-state index contributed by atoms with van der Waals surface area (Å²) in [5.41, 5.74) is 3.42. The maximum atomic E-state index is 13.4. The van der Waals surface area contributed by atoms with Gasteiger partial charge in [-0.3, -0.25) is 29.4 Å². The summed E-state index contributed by atoms with van der Waals surface area (Å²) in [5, 5.41) is 12.0. The first-order valence-electron chi connectivity index (χ1n) is 17.9. The fourth-order valence-electron chi connectivity index (χ4n) is 7.53. The Labute approximate surface area is 299 Å². The van der Waals surface area contributed by atoms with Gasteiger partial charge in [0.2, 0.25) is 5.91 Å². The number of nitrogens with one attached hydrogen (secondary N) is 1. The Bertz CT molecular complexity index is 2220. The Morgan fingerprint density at radius 3 is 2.31 bits per heavy atom. The average Bonchev–Trinajstić information content (AvgIpc) is 3.17. The number of imide groups is 1. The van der Waals surface area contributed by atoms with Crippen LogP contribution in [0.15, 0.2) is 89.0 Å². The average molecular weight is 701 g/mol. The van der Waals surface area contributed by atoms with Gasteiger partial charge in [-0.05, 0) is 55.0 Å². The standard InChI is InChI=1S/C38H40N10O4/c49-34-9-8-33(37(51)43-34)48-38(52)32-20-30(7-6-29(32)21-42-48)45-13-10-26(11-14-45)24-44-15-17-46(18-16-44)31-22-39-36(40-23-31)28-4-1-3-27(19-28)25-47-35(50)5-2-12-41-47/h1-7,12,19-23,26,33H,8-11,13-18,24-25H2,(H,43,49,51). The minimum absolute atomic E-state index is 0.139. The maximum absolute atomic E-state index is 13.4. The summed E-state index contributed by atoms with van der Waals surface area (Å²) in [6.45, 7) is 7.07. The zero-order valence-electron chi connectivity index (χ0n) is 28.8. The van der Waals surface area contributed by atoms with Crippen molar-refractivity contribution in [1.29, 1.82) is 0 Å². The van der Waals surface area contributed by atoms with Crippen LogP contribution in [0, 0.1) is 5.92 Å². The molecule has 5 aromatic rings. The third-order valence-corrected chi connectivity index (χ3v) is 10.5. The highest BCUT2D eigenvalue weighted by Crippen LogP contribution is 2.27. The molecule has 0 saturated carbocycles. The smallest absolute Gasteiger partial charge is 0.275 e. The molecule has 14 heteroatoms. The highest BCUT2D eigenvalue weighted by Gasteiger charge is 2.30. The molecular weight excluding hydrogens is 660 g/mol. The lowest BCUT2D eigenvalue weighted by Gasteiger charge is -2.40. The van der Waals surface area contributed by atoms with E-state index in [0.717, 1.165) is 86.5 Å². The normalized spacial score (nSPS) is 18.9. The van der Waals surface area contributed by atoms with Gasteiger partial charge in [-0.25, -0.2) is 19.3 Å². The molecule has 2 amide bonds. The maximum Gasteiger partial charge on any atom is 0.275 e. The summed E-state index contributed by atoms with van der Waals surface area (Å²) in [4.78, 5) is 66.1. The second kappa shape index (κ2) is 14.5. The summed E-state index contributed by atoms with van der Waals surface area (Å²) >= 11 is 0. The molecule has 0 radical (unpaired) electrons. The number of nitrogens with zero attached hydrogens (tertiary/aromatic N) is 9. The lowest BCUT2D eigenvalue weighted by atomic mass is 9.95. The van der Waals surface area contributed by atoms with E-state index in [1.165, 1.54) is 15.4 Å². The van der Waals surface area contributed by atoms with E-state index >= 15 is 0 Å². The van der Waals surface area contributed by atoms with Gasteiger partial charge < -0.3 is 9.80 Å². The van der Waals surface area contributed by atoms with E-state index in [-0.39, 0.29) is 29.9 Å². The minimum atomic E-state index is -0.780. The van der Waals surface area contributed by atoms with E-state index in [1.54, 1.807) is 18.5 Å². The number of carbonyl (C=O) groups is 2. The van der Waals surface area contributed by atoms with Gasteiger partial charge in [0.25, 0.3) is 17.0 Å². The number of amides is 2. The van der Waals surface area contributed by atoms with Crippen LogP contribution in [0.4, 0.5) is 11.4 Å². The number of aromatic nitrogens is 6. The molecule has 0 spiro atoms. The van der Waals surface area contributed by atoms with Crippen LogP contribution in [0.25, 0.3) is 22.2 Å². The zero-order chi connectivity index (χ0) is 35.6. The van der Waals surface area contributed by atoms with Crippen molar-refractivity contribution in [1.82, 2.24) is 39.7 Å². The number of carbonyl (C=O) groups excluding carboxylic acids is 2. The van der Waals surface area contributed by atoms with Crippen LogP contribution in [0.5, 0.6) is 0 Å². The number of benzene rings is 2. The molecular formula is C38H40N10O4. The van der Waals surface area contributed by atoms with Crippen molar-refractivity contribution < 1.29 is 9.59 Å². The monoisotopic (exact) mass is 700 g/mol. The number of hydrogen-bond donors (Lipinski definition) is 1. The summed E-state index contributed by atoms with van der Waals surface area (Å²) in [7, 11) is 0. The topological polar surface area (TPSA) is 151 Å². The molecule has 0 aliphatic carbocycles. The molecule has 14 nitrogen and oxygen atoms in total. The zero-order valence-corrected chi connectivity index (χ0v) is 28.8. The molecule has 266 valence electrons. The van der Waals surface area contributed by atoms with E-state index in [4.69, 9.17) is 0 Å². The third-order valence-electron chi connectivity index (χ3n) is 10.5. The highest BCUT2D eigenvalue weighted by molar-refractivity contribution is 5.99. The largest absolute Gasteiger partial charge is 0.371 e. The number of hydrogen-bond acceptors (Lipinski definition) is 11. The number of anilines is 2. The van der Waals surface area contributed by atoms with Gasteiger partial charge in [0, 0.05) is 81.1 Å². The minimum Gasteiger partial charge on any atom is -0.371 e. The van der Waals surface area contributed by atoms with E-state index < -0.39 is 11.9 Å². The van der Waals surface area contributed by atoms with Gasteiger partial charge in [-0.15, -0.1) is 0 Å². The highest BCUT2D eigenvalue weighted by atomic mass is 16.2. The molecule has 2 aromatic carbocycles. The molecule has 52 heavy (non-hydrogen) atoms. The van der Waals surface area contributed by atoms with Crippen LogP contribution in [0.2, 0.25) is 0 Å². The van der Waals surface area contributed by atoms with Gasteiger partial charge in [-0.1, -0.05) is 24.3 Å². The fourth-order valence-corrected chi connectivity index (χ4v) is 7.53. The van der Waals surface area contributed by atoms with Crippen molar-refractivity contribution in [3.05, 3.63) is 106 Å². The molecule has 6 heterocycles. The van der Waals surface area contributed by atoms with Crippen LogP contribution >= 0.6 is 0 Å². The van der Waals surface area contributed by atoms with Crippen molar-refractivity contribution in [2.24, 2.45) is 5.92 Å². The second-order valence-electron chi connectivity index (χ2n) is 13.8. The summed E-state index contributed by atoms with van der Waals surface area (Å²) in [6.07, 6.45) is 9.63. The number of rotatable bonds is 8. The van der Waals surface area contributed by atoms with Crippen molar-refractivity contribution in [3.8, 4) is 11.4 Å². The molecule has 3 fully saturated rings. The quantitative estimate of drug-likeness (QED) is 0.238. The molecule has 0 bridgehead atoms. The lowest BCUT2D eigenvalue weighted by molar-refractivity contribution is -0.136. The van der Waals surface area contributed by atoms with E-state index in [0.29, 0.717) is 23.7 Å². The van der Waals surface area contributed by atoms with Gasteiger partial charge in [0.15, 0.2) is 5.82 Å². The summed E-state index contributed by atoms with van der Waals surface area (Å²) in [5.74, 6) is 0.449. The van der Waals surface area contributed by atoms with Crippen molar-refractivity contribution in [3.63, 3.8) is 0 Å². The molecule has 3 aliphatic heterocycles. The Hall–Kier alpha value is -5.76. The molecule has 1 atom stereocenters. The van der Waals surface area contributed by atoms with Crippen LogP contribution < -0.4 is 26.2 Å². The van der Waals surface area contributed by atoms with E-state index in [9.17, 15) is 19.2 Å². The number of fused-ring (bicyclic) bond motifs is 1. The Morgan fingerprint density at radius 1 is 0.750 bits per heavy atom. The molecule has 1 N–H and O–H groups in total. The Kier molecular flexibility index (Phi) is 9.29. The molecule has 3 aliphatic rings. The van der Waals surface area contributed by atoms with Gasteiger partial charge >= 0.3 is 0 Å². The van der Waals surface area contributed by atoms with Crippen LogP contribution in [-0.4, -0.2) is 92.1 Å². The van der Waals surface area contributed by atoms with Gasteiger partial charge in [-0.2, -0.15) is 10.2 Å². The van der Waals surface area contributed by atoms with E-state index in [2.05, 4.69) is 40.2 Å². The molecule has 3 saturated heterocycles. The molecule has 8 rings (SSSR count). The summed E-state index contributed by atoms with van der Waals surface area (Å²) in [6, 6.07) is 16.1. The third kappa shape index (κ3) is 7.06. The van der Waals surface area contributed by atoms with Gasteiger partial charge in [0.05, 0.1) is 36.2 Å². The predicted molar refractivity (Wildman–Crippen MR) is 196 cm³/mol. The second-order valence-corrected chi connectivity index (χ2v) is 13.8. The van der Waals surface area contributed by atoms with Crippen molar-refractivity contribution >= 4 is 34.0 Å². The summed E-state index contributed by atoms with van der Waals surface area (Å²) < 4.78 is 2.66. The van der Waals surface area contributed by atoms with Crippen molar-refractivity contribution in [2.75, 3.05) is 55.6 Å².